The van der Waals surface area contributed by atoms with Crippen molar-refractivity contribution in [2.24, 2.45) is 0 Å². The van der Waals surface area contributed by atoms with Gasteiger partial charge in [0.1, 0.15) is 0 Å². The zero-order valence-electron chi connectivity index (χ0n) is 9.94. The van der Waals surface area contributed by atoms with Crippen LogP contribution in [-0.2, 0) is 17.6 Å². The zero-order chi connectivity index (χ0) is 12.5. The summed E-state index contributed by atoms with van der Waals surface area (Å²) in [6, 6.07) is 6.36. The number of thioether (sulfide) groups is 1. The highest BCUT2D eigenvalue weighted by atomic mass is 32.2. The van der Waals surface area contributed by atoms with Gasteiger partial charge in [-0.1, -0.05) is 6.07 Å². The average molecular weight is 278 g/mol. The quantitative estimate of drug-likeness (QED) is 0.864. The van der Waals surface area contributed by atoms with Gasteiger partial charge >= 0.3 is 5.97 Å². The molecule has 1 aliphatic carbocycles. The second-order valence-electron chi connectivity index (χ2n) is 4.55. The Kier molecular flexibility index (Phi) is 3.31. The Morgan fingerprint density at radius 1 is 1.33 bits per heavy atom. The molecule has 0 saturated carbocycles. The molecule has 0 saturated heterocycles. The van der Waals surface area contributed by atoms with Crippen LogP contribution in [0, 0.1) is 0 Å². The van der Waals surface area contributed by atoms with Crippen molar-refractivity contribution in [2.45, 2.75) is 30.6 Å². The summed E-state index contributed by atoms with van der Waals surface area (Å²) in [6.07, 6.45) is 5.03. The van der Waals surface area contributed by atoms with Crippen molar-refractivity contribution in [2.75, 3.05) is 5.75 Å². The van der Waals surface area contributed by atoms with E-state index in [1.807, 2.05) is 11.3 Å². The minimum atomic E-state index is -0.759. The summed E-state index contributed by atoms with van der Waals surface area (Å²) in [7, 11) is 0. The van der Waals surface area contributed by atoms with Crippen molar-refractivity contribution in [3.63, 3.8) is 0 Å². The SMILES string of the molecule is O=C(O)CSc1ccc2c3c(sc2c1)CCCC3. The number of fused-ring (bicyclic) bond motifs is 3. The highest BCUT2D eigenvalue weighted by molar-refractivity contribution is 8.00. The van der Waals surface area contributed by atoms with Crippen LogP contribution in [0.15, 0.2) is 23.1 Å². The molecule has 94 valence electrons. The monoisotopic (exact) mass is 278 g/mol. The number of aliphatic carboxylic acids is 1. The number of aryl methyl sites for hydroxylation is 2. The minimum absolute atomic E-state index is 0.136. The summed E-state index contributed by atoms with van der Waals surface area (Å²) in [6.45, 7) is 0. The number of carboxylic acid groups (broad SMARTS) is 1. The third kappa shape index (κ3) is 2.27. The Bertz CT molecular complexity index is 601. The molecule has 2 nitrogen and oxygen atoms in total. The van der Waals surface area contributed by atoms with E-state index in [0.717, 1.165) is 4.90 Å². The lowest BCUT2D eigenvalue weighted by Gasteiger charge is -2.10. The van der Waals surface area contributed by atoms with Crippen LogP contribution in [0.2, 0.25) is 0 Å². The molecule has 0 radical (unpaired) electrons. The molecule has 1 N–H and O–H groups in total. The molecule has 0 fully saturated rings. The van der Waals surface area contributed by atoms with E-state index in [0.29, 0.717) is 0 Å². The van der Waals surface area contributed by atoms with E-state index in [-0.39, 0.29) is 5.75 Å². The summed E-state index contributed by atoms with van der Waals surface area (Å²) in [4.78, 5) is 13.2. The molecule has 0 bridgehead atoms. The molecule has 0 spiro atoms. The van der Waals surface area contributed by atoms with E-state index in [2.05, 4.69) is 18.2 Å². The fraction of sp³-hybridized carbons (Fsp3) is 0.357. The summed E-state index contributed by atoms with van der Waals surface area (Å²) in [5, 5.41) is 10.1. The van der Waals surface area contributed by atoms with Gasteiger partial charge in [-0.15, -0.1) is 23.1 Å². The number of thiophene rings is 1. The molecule has 1 aliphatic rings. The van der Waals surface area contributed by atoms with E-state index in [1.165, 1.54) is 58.0 Å². The van der Waals surface area contributed by atoms with Crippen LogP contribution in [0.25, 0.3) is 10.1 Å². The standard InChI is InChI=1S/C14H14O2S2/c15-14(16)8-17-9-5-6-11-10-3-1-2-4-12(10)18-13(11)7-9/h5-7H,1-4,8H2,(H,15,16). The van der Waals surface area contributed by atoms with Crippen LogP contribution in [0.5, 0.6) is 0 Å². The van der Waals surface area contributed by atoms with Crippen LogP contribution >= 0.6 is 23.1 Å². The van der Waals surface area contributed by atoms with Crippen LogP contribution in [0.3, 0.4) is 0 Å². The first kappa shape index (κ1) is 12.1. The Hall–Kier alpha value is -1.00. The van der Waals surface area contributed by atoms with E-state index >= 15 is 0 Å². The molecule has 4 heteroatoms. The zero-order valence-corrected chi connectivity index (χ0v) is 11.6. The number of benzene rings is 1. The molecular formula is C14H14O2S2. The molecule has 0 unspecified atom stereocenters. The second-order valence-corrected chi connectivity index (χ2v) is 6.74. The summed E-state index contributed by atoms with van der Waals surface area (Å²) in [5.41, 5.74) is 1.54. The van der Waals surface area contributed by atoms with E-state index in [9.17, 15) is 4.79 Å². The molecular weight excluding hydrogens is 264 g/mol. The van der Waals surface area contributed by atoms with Crippen molar-refractivity contribution in [3.8, 4) is 0 Å². The molecule has 2 aromatic rings. The molecule has 3 rings (SSSR count). The van der Waals surface area contributed by atoms with Gasteiger partial charge in [0.15, 0.2) is 0 Å². The average Bonchev–Trinajstić information content (AvgIpc) is 2.73. The fourth-order valence-corrected chi connectivity index (χ4v) is 4.54. The summed E-state index contributed by atoms with van der Waals surface area (Å²) in [5.74, 6) is -0.623. The highest BCUT2D eigenvalue weighted by Crippen LogP contribution is 2.38. The Balaban J connectivity index is 1.95. The largest absolute Gasteiger partial charge is 0.481 e. The maximum Gasteiger partial charge on any atom is 0.313 e. The lowest BCUT2D eigenvalue weighted by atomic mass is 9.96. The molecule has 18 heavy (non-hydrogen) atoms. The first-order valence-corrected chi connectivity index (χ1v) is 7.93. The van der Waals surface area contributed by atoms with Gasteiger partial charge in [0, 0.05) is 14.5 Å². The van der Waals surface area contributed by atoms with Crippen molar-refractivity contribution in [1.82, 2.24) is 0 Å². The van der Waals surface area contributed by atoms with Gasteiger partial charge in [-0.05, 0) is 48.8 Å². The molecule has 0 aliphatic heterocycles. The fourth-order valence-electron chi connectivity index (χ4n) is 2.48. The predicted octanol–water partition coefficient (Wildman–Crippen LogP) is 3.96. The lowest BCUT2D eigenvalue weighted by Crippen LogP contribution is -1.98. The Morgan fingerprint density at radius 3 is 3.00 bits per heavy atom. The number of carboxylic acids is 1. The molecule has 0 atom stereocenters. The first-order valence-electron chi connectivity index (χ1n) is 6.13. The topological polar surface area (TPSA) is 37.3 Å². The lowest BCUT2D eigenvalue weighted by molar-refractivity contribution is -0.133. The van der Waals surface area contributed by atoms with E-state index < -0.39 is 5.97 Å². The second kappa shape index (κ2) is 4.94. The number of rotatable bonds is 3. The smallest absolute Gasteiger partial charge is 0.313 e. The van der Waals surface area contributed by atoms with Crippen LogP contribution in [-0.4, -0.2) is 16.8 Å². The van der Waals surface area contributed by atoms with Gasteiger partial charge < -0.3 is 5.11 Å². The molecule has 0 amide bonds. The maximum absolute atomic E-state index is 10.6. The normalized spacial score (nSPS) is 14.7. The van der Waals surface area contributed by atoms with Crippen molar-refractivity contribution < 1.29 is 9.90 Å². The van der Waals surface area contributed by atoms with Gasteiger partial charge in [0.25, 0.3) is 0 Å². The first-order chi connectivity index (χ1) is 8.74. The van der Waals surface area contributed by atoms with Gasteiger partial charge in [-0.2, -0.15) is 0 Å². The van der Waals surface area contributed by atoms with Gasteiger partial charge in [0.2, 0.25) is 0 Å². The Morgan fingerprint density at radius 2 is 2.17 bits per heavy atom. The molecule has 1 aromatic heterocycles. The number of hydrogen-bond acceptors (Lipinski definition) is 3. The van der Waals surface area contributed by atoms with E-state index in [1.54, 1.807) is 0 Å². The molecule has 1 heterocycles. The van der Waals surface area contributed by atoms with Crippen molar-refractivity contribution >= 4 is 39.2 Å². The van der Waals surface area contributed by atoms with E-state index in [4.69, 9.17) is 5.11 Å². The minimum Gasteiger partial charge on any atom is -0.481 e. The summed E-state index contributed by atoms with van der Waals surface area (Å²) >= 11 is 3.28. The van der Waals surface area contributed by atoms with Crippen LogP contribution in [0.4, 0.5) is 0 Å². The van der Waals surface area contributed by atoms with Gasteiger partial charge in [-0.25, -0.2) is 0 Å². The predicted molar refractivity (Wildman–Crippen MR) is 76.8 cm³/mol. The summed E-state index contributed by atoms with van der Waals surface area (Å²) < 4.78 is 1.32. The Labute approximate surface area is 114 Å². The third-order valence-corrected chi connectivity index (χ3v) is 5.52. The molecule has 1 aromatic carbocycles. The third-order valence-electron chi connectivity index (χ3n) is 3.29. The van der Waals surface area contributed by atoms with Crippen molar-refractivity contribution in [3.05, 3.63) is 28.6 Å². The number of carbonyl (C=O) groups is 1. The van der Waals surface area contributed by atoms with Crippen LogP contribution in [0.1, 0.15) is 23.3 Å². The maximum atomic E-state index is 10.6. The van der Waals surface area contributed by atoms with Crippen molar-refractivity contribution in [1.29, 1.82) is 0 Å². The van der Waals surface area contributed by atoms with Gasteiger partial charge in [0.05, 0.1) is 5.75 Å². The van der Waals surface area contributed by atoms with Gasteiger partial charge in [-0.3, -0.25) is 4.79 Å². The number of hydrogen-bond donors (Lipinski definition) is 1. The highest BCUT2D eigenvalue weighted by Gasteiger charge is 2.15. The van der Waals surface area contributed by atoms with Crippen LogP contribution < -0.4 is 0 Å².